The minimum absolute atomic E-state index is 0.122. The van der Waals surface area contributed by atoms with E-state index in [1.54, 1.807) is 0 Å². The topological polar surface area (TPSA) is 45.2 Å². The maximum Gasteiger partial charge on any atom is 0.255 e. The summed E-state index contributed by atoms with van der Waals surface area (Å²) >= 11 is 0. The van der Waals surface area contributed by atoms with Gasteiger partial charge in [-0.3, -0.25) is 9.78 Å². The summed E-state index contributed by atoms with van der Waals surface area (Å²) in [5.74, 6) is 0.674. The quantitative estimate of drug-likeness (QED) is 0.947. The normalized spacial score (nSPS) is 18.6. The van der Waals surface area contributed by atoms with Gasteiger partial charge in [-0.2, -0.15) is 0 Å². The van der Waals surface area contributed by atoms with E-state index in [0.29, 0.717) is 5.92 Å². The van der Waals surface area contributed by atoms with E-state index in [1.807, 2.05) is 49.2 Å². The van der Waals surface area contributed by atoms with Gasteiger partial charge in [-0.05, 0) is 51.4 Å². The average molecular weight is 297 g/mol. The lowest BCUT2D eigenvalue weighted by Gasteiger charge is -2.33. The Labute approximate surface area is 131 Å². The molecular weight excluding hydrogens is 274 g/mol. The van der Waals surface area contributed by atoms with Crippen LogP contribution in [0.4, 0.5) is 0 Å². The molecule has 3 rings (SSSR count). The van der Waals surface area contributed by atoms with Crippen molar-refractivity contribution in [1.82, 2.24) is 15.2 Å². The van der Waals surface area contributed by atoms with E-state index in [4.69, 9.17) is 0 Å². The number of carbonyl (C=O) groups is 1. The highest BCUT2D eigenvalue weighted by atomic mass is 16.2. The molecule has 4 heteroatoms. The minimum atomic E-state index is 0.122. The van der Waals surface area contributed by atoms with E-state index >= 15 is 0 Å². The molecule has 1 amide bonds. The number of pyridine rings is 1. The number of likely N-dealkylation sites (tertiary alicyclic amines) is 1. The zero-order valence-corrected chi connectivity index (χ0v) is 13.3. The van der Waals surface area contributed by atoms with Gasteiger partial charge in [0, 0.05) is 18.5 Å². The van der Waals surface area contributed by atoms with Gasteiger partial charge in [0.1, 0.15) is 0 Å². The van der Waals surface area contributed by atoms with Crippen LogP contribution in [-0.4, -0.2) is 42.5 Å². The number of hydrogen-bond acceptors (Lipinski definition) is 3. The predicted molar refractivity (Wildman–Crippen MR) is 89.0 cm³/mol. The molecule has 2 aromatic rings. The van der Waals surface area contributed by atoms with Gasteiger partial charge in [-0.15, -0.1) is 0 Å². The first-order valence-electron chi connectivity index (χ1n) is 7.99. The van der Waals surface area contributed by atoms with Gasteiger partial charge >= 0.3 is 0 Å². The van der Waals surface area contributed by atoms with Crippen molar-refractivity contribution in [3.8, 4) is 0 Å². The van der Waals surface area contributed by atoms with Crippen LogP contribution < -0.4 is 5.32 Å². The van der Waals surface area contributed by atoms with Gasteiger partial charge in [0.25, 0.3) is 5.91 Å². The molecule has 0 radical (unpaired) electrons. The number of hydrogen-bond donors (Lipinski definition) is 1. The Morgan fingerprint density at radius 2 is 2.23 bits per heavy atom. The Morgan fingerprint density at radius 1 is 1.41 bits per heavy atom. The van der Waals surface area contributed by atoms with Crippen LogP contribution >= 0.6 is 0 Å². The largest absolute Gasteiger partial charge is 0.338 e. The second-order valence-electron chi connectivity index (χ2n) is 6.13. The summed E-state index contributed by atoms with van der Waals surface area (Å²) in [7, 11) is 1.97. The van der Waals surface area contributed by atoms with Crippen LogP contribution in [0.25, 0.3) is 10.9 Å². The maximum absolute atomic E-state index is 12.9. The number of nitrogens with one attached hydrogen (secondary N) is 1. The van der Waals surface area contributed by atoms with Crippen LogP contribution in [0.2, 0.25) is 0 Å². The fourth-order valence-electron chi connectivity index (χ4n) is 3.30. The van der Waals surface area contributed by atoms with Crippen LogP contribution in [0.15, 0.2) is 30.3 Å². The molecule has 0 saturated carbocycles. The maximum atomic E-state index is 12.9. The summed E-state index contributed by atoms with van der Waals surface area (Å²) in [6.07, 6.45) is 2.28. The lowest BCUT2D eigenvalue weighted by Crippen LogP contribution is -2.42. The zero-order valence-electron chi connectivity index (χ0n) is 13.3. The van der Waals surface area contributed by atoms with Crippen molar-refractivity contribution < 1.29 is 4.79 Å². The van der Waals surface area contributed by atoms with Gasteiger partial charge in [-0.25, -0.2) is 0 Å². The Balaban J connectivity index is 1.86. The number of amides is 1. The summed E-state index contributed by atoms with van der Waals surface area (Å²) in [5, 5.41) is 4.25. The molecule has 0 spiro atoms. The van der Waals surface area contributed by atoms with E-state index < -0.39 is 0 Å². The molecule has 2 heterocycles. The van der Waals surface area contributed by atoms with Gasteiger partial charge in [-0.1, -0.05) is 18.2 Å². The highest BCUT2D eigenvalue weighted by molar-refractivity contribution is 5.98. The lowest BCUT2D eigenvalue weighted by atomic mass is 9.97. The molecule has 1 aliphatic heterocycles. The van der Waals surface area contributed by atoms with Crippen molar-refractivity contribution in [2.24, 2.45) is 5.92 Å². The molecule has 116 valence electrons. The summed E-state index contributed by atoms with van der Waals surface area (Å²) in [4.78, 5) is 19.5. The van der Waals surface area contributed by atoms with Crippen molar-refractivity contribution in [3.05, 3.63) is 41.6 Å². The van der Waals surface area contributed by atoms with E-state index in [-0.39, 0.29) is 5.91 Å². The fourth-order valence-corrected chi connectivity index (χ4v) is 3.30. The third kappa shape index (κ3) is 2.97. The molecule has 0 bridgehead atoms. The average Bonchev–Trinajstić information content (AvgIpc) is 2.54. The van der Waals surface area contributed by atoms with Crippen molar-refractivity contribution in [1.29, 1.82) is 0 Å². The summed E-state index contributed by atoms with van der Waals surface area (Å²) < 4.78 is 0. The van der Waals surface area contributed by atoms with Crippen LogP contribution in [-0.2, 0) is 0 Å². The first-order chi connectivity index (χ1) is 10.7. The molecule has 4 nitrogen and oxygen atoms in total. The second-order valence-corrected chi connectivity index (χ2v) is 6.13. The van der Waals surface area contributed by atoms with E-state index in [0.717, 1.165) is 48.2 Å². The summed E-state index contributed by atoms with van der Waals surface area (Å²) in [6.45, 7) is 4.59. The number of aryl methyl sites for hydroxylation is 1. The fraction of sp³-hybridized carbons (Fsp3) is 0.444. The third-order valence-corrected chi connectivity index (χ3v) is 4.44. The van der Waals surface area contributed by atoms with Crippen LogP contribution in [0.1, 0.15) is 28.9 Å². The van der Waals surface area contributed by atoms with Crippen LogP contribution in [0, 0.1) is 12.8 Å². The highest BCUT2D eigenvalue weighted by Gasteiger charge is 2.25. The zero-order chi connectivity index (χ0) is 15.5. The number of rotatable bonds is 3. The summed E-state index contributed by atoms with van der Waals surface area (Å²) in [5.41, 5.74) is 2.51. The number of para-hydroxylation sites is 1. The molecule has 1 atom stereocenters. The van der Waals surface area contributed by atoms with Crippen molar-refractivity contribution in [2.45, 2.75) is 19.8 Å². The Bertz CT molecular complexity index is 681. The molecule has 1 N–H and O–H groups in total. The SMILES string of the molecule is CNCC1CCCN(C(=O)c2cc3ccccc3nc2C)C1. The predicted octanol–water partition coefficient (Wildman–Crippen LogP) is 2.61. The number of piperidine rings is 1. The smallest absolute Gasteiger partial charge is 0.255 e. The lowest BCUT2D eigenvalue weighted by molar-refractivity contribution is 0.0673. The minimum Gasteiger partial charge on any atom is -0.338 e. The highest BCUT2D eigenvalue weighted by Crippen LogP contribution is 2.21. The van der Waals surface area contributed by atoms with Gasteiger partial charge in [0.2, 0.25) is 0 Å². The first kappa shape index (κ1) is 15.0. The van der Waals surface area contributed by atoms with Gasteiger partial charge in [0.15, 0.2) is 0 Å². The van der Waals surface area contributed by atoms with Crippen molar-refractivity contribution in [3.63, 3.8) is 0 Å². The molecule has 0 aliphatic carbocycles. The molecule has 1 aromatic heterocycles. The Hall–Kier alpha value is -1.94. The molecule has 1 aromatic carbocycles. The first-order valence-corrected chi connectivity index (χ1v) is 7.99. The van der Waals surface area contributed by atoms with E-state index in [1.165, 1.54) is 6.42 Å². The number of fused-ring (bicyclic) bond motifs is 1. The Kier molecular flexibility index (Phi) is 4.39. The number of aromatic nitrogens is 1. The molecule has 1 saturated heterocycles. The summed E-state index contributed by atoms with van der Waals surface area (Å²) in [6, 6.07) is 9.95. The molecule has 22 heavy (non-hydrogen) atoms. The molecule has 1 aliphatic rings. The number of nitrogens with zero attached hydrogens (tertiary/aromatic N) is 2. The Morgan fingerprint density at radius 3 is 3.05 bits per heavy atom. The van der Waals surface area contributed by atoms with Crippen molar-refractivity contribution >= 4 is 16.8 Å². The standard InChI is InChI=1S/C18H23N3O/c1-13-16(10-15-7-3-4-8-17(15)20-13)18(22)21-9-5-6-14(12-21)11-19-2/h3-4,7-8,10,14,19H,5-6,9,11-12H2,1-2H3. The molecule has 1 fully saturated rings. The van der Waals surface area contributed by atoms with Gasteiger partial charge in [0.05, 0.1) is 16.8 Å². The monoisotopic (exact) mass is 297 g/mol. The van der Waals surface area contributed by atoms with Crippen LogP contribution in [0.5, 0.6) is 0 Å². The second kappa shape index (κ2) is 6.44. The van der Waals surface area contributed by atoms with Gasteiger partial charge < -0.3 is 10.2 Å². The third-order valence-electron chi connectivity index (χ3n) is 4.44. The van der Waals surface area contributed by atoms with E-state index in [9.17, 15) is 4.79 Å². The number of benzene rings is 1. The van der Waals surface area contributed by atoms with E-state index in [2.05, 4.69) is 10.3 Å². The molecular formula is C18H23N3O. The number of carbonyl (C=O) groups excluding carboxylic acids is 1. The van der Waals surface area contributed by atoms with Crippen molar-refractivity contribution in [2.75, 3.05) is 26.7 Å². The molecule has 1 unspecified atom stereocenters. The van der Waals surface area contributed by atoms with Crippen LogP contribution in [0.3, 0.4) is 0 Å².